The van der Waals surface area contributed by atoms with Gasteiger partial charge in [0.2, 0.25) is 0 Å². The van der Waals surface area contributed by atoms with Crippen molar-refractivity contribution >= 4 is 11.4 Å². The molecule has 116 valence electrons. The van der Waals surface area contributed by atoms with Gasteiger partial charge in [0.15, 0.2) is 0 Å². The van der Waals surface area contributed by atoms with Crippen molar-refractivity contribution in [2.45, 2.75) is 20.8 Å². The fourth-order valence-electron chi connectivity index (χ4n) is 2.17. The monoisotopic (exact) mass is 295 g/mol. The summed E-state index contributed by atoms with van der Waals surface area (Å²) in [5, 5.41) is 9.39. The molecule has 0 aliphatic heterocycles. The Morgan fingerprint density at radius 3 is 2.18 bits per heavy atom. The summed E-state index contributed by atoms with van der Waals surface area (Å²) < 4.78 is 0. The van der Waals surface area contributed by atoms with E-state index >= 15 is 0 Å². The summed E-state index contributed by atoms with van der Waals surface area (Å²) >= 11 is 0. The van der Waals surface area contributed by atoms with Crippen LogP contribution in [0.1, 0.15) is 25.0 Å². The van der Waals surface area contributed by atoms with E-state index in [1.54, 1.807) is 18.2 Å². The Morgan fingerprint density at radius 2 is 1.64 bits per heavy atom. The Labute approximate surface area is 134 Å². The maximum absolute atomic E-state index is 9.39. The number of hydrogen-bond acceptors (Lipinski definition) is 2. The molecular weight excluding hydrogens is 270 g/mol. The Morgan fingerprint density at radius 1 is 1.05 bits per heavy atom. The van der Waals surface area contributed by atoms with Crippen LogP contribution in [0.5, 0.6) is 5.75 Å². The minimum atomic E-state index is 0.271. The van der Waals surface area contributed by atoms with E-state index in [1.165, 1.54) is 11.1 Å². The van der Waals surface area contributed by atoms with Crippen LogP contribution in [0.3, 0.4) is 0 Å². The van der Waals surface area contributed by atoms with Gasteiger partial charge in [-0.25, -0.2) is 0 Å². The molecule has 0 aliphatic carbocycles. The van der Waals surface area contributed by atoms with Crippen molar-refractivity contribution in [2.24, 2.45) is 0 Å². The second-order valence-electron chi connectivity index (χ2n) is 4.68. The molecule has 0 aliphatic rings. The van der Waals surface area contributed by atoms with Gasteiger partial charge < -0.3 is 10.0 Å². The molecule has 0 bridgehead atoms. The van der Waals surface area contributed by atoms with E-state index in [0.717, 1.165) is 11.4 Å². The predicted octanol–water partition coefficient (Wildman–Crippen LogP) is 5.39. The topological polar surface area (TPSA) is 23.5 Å². The molecule has 0 heterocycles. The molecule has 22 heavy (non-hydrogen) atoms. The summed E-state index contributed by atoms with van der Waals surface area (Å²) in [7, 11) is 2.01. The largest absolute Gasteiger partial charge is 0.508 e. The van der Waals surface area contributed by atoms with E-state index in [0.29, 0.717) is 0 Å². The first-order chi connectivity index (χ1) is 10.6. The van der Waals surface area contributed by atoms with Crippen molar-refractivity contribution in [3.05, 3.63) is 78.4 Å². The molecule has 0 atom stereocenters. The van der Waals surface area contributed by atoms with Crippen LogP contribution in [-0.4, -0.2) is 12.2 Å². The van der Waals surface area contributed by atoms with Gasteiger partial charge in [0, 0.05) is 24.0 Å². The van der Waals surface area contributed by atoms with Gasteiger partial charge in [-0.2, -0.15) is 0 Å². The maximum atomic E-state index is 9.39. The van der Waals surface area contributed by atoms with Crippen molar-refractivity contribution < 1.29 is 5.11 Å². The molecule has 1 N–H and O–H groups in total. The summed E-state index contributed by atoms with van der Waals surface area (Å²) in [5.41, 5.74) is 4.47. The number of phenols is 1. The summed E-state index contributed by atoms with van der Waals surface area (Å²) in [6, 6.07) is 15.4. The molecular formula is C20H25NO. The first-order valence-electron chi connectivity index (χ1n) is 7.55. The summed E-state index contributed by atoms with van der Waals surface area (Å²) in [4.78, 5) is 2.09. The van der Waals surface area contributed by atoms with E-state index in [4.69, 9.17) is 0 Å². The van der Waals surface area contributed by atoms with Crippen molar-refractivity contribution in [1.82, 2.24) is 0 Å². The first kappa shape index (κ1) is 17.6. The lowest BCUT2D eigenvalue weighted by Crippen LogP contribution is -2.15. The van der Waals surface area contributed by atoms with Gasteiger partial charge in [-0.15, -0.1) is 0 Å². The second kappa shape index (κ2) is 8.73. The molecule has 0 radical (unpaired) electrons. The Bertz CT molecular complexity index is 626. The van der Waals surface area contributed by atoms with Crippen LogP contribution >= 0.6 is 0 Å². The highest BCUT2D eigenvalue weighted by atomic mass is 16.3. The van der Waals surface area contributed by atoms with E-state index in [9.17, 15) is 5.11 Å². The highest BCUT2D eigenvalue weighted by Crippen LogP contribution is 2.27. The number of allylic oxidation sites excluding steroid dienone is 2. The normalized spacial score (nSPS) is 10.5. The summed E-state index contributed by atoms with van der Waals surface area (Å²) in [6.45, 7) is 9.90. The molecule has 0 spiro atoms. The number of anilines is 1. The third-order valence-corrected chi connectivity index (χ3v) is 3.30. The minimum Gasteiger partial charge on any atom is -0.508 e. The van der Waals surface area contributed by atoms with Crippen molar-refractivity contribution in [2.75, 3.05) is 11.9 Å². The molecule has 2 nitrogen and oxygen atoms in total. The maximum Gasteiger partial charge on any atom is 0.115 e. The minimum absolute atomic E-state index is 0.271. The molecule has 2 rings (SSSR count). The van der Waals surface area contributed by atoms with Crippen LogP contribution in [0, 0.1) is 6.92 Å². The number of nitrogens with zero attached hydrogens (tertiary/aromatic N) is 1. The quantitative estimate of drug-likeness (QED) is 0.764. The lowest BCUT2D eigenvalue weighted by atomic mass is 10.0. The summed E-state index contributed by atoms with van der Waals surface area (Å²) in [6.07, 6.45) is 3.79. The molecule has 2 aromatic rings. The summed E-state index contributed by atoms with van der Waals surface area (Å²) in [5.74, 6) is 0.271. The average molecular weight is 295 g/mol. The van der Waals surface area contributed by atoms with Crippen LogP contribution in [0.2, 0.25) is 0 Å². The lowest BCUT2D eigenvalue weighted by Gasteiger charge is -2.24. The number of hydrogen-bond donors (Lipinski definition) is 1. The zero-order valence-electron chi connectivity index (χ0n) is 13.9. The van der Waals surface area contributed by atoms with Gasteiger partial charge >= 0.3 is 0 Å². The highest BCUT2D eigenvalue weighted by molar-refractivity contribution is 5.81. The van der Waals surface area contributed by atoms with E-state index < -0.39 is 0 Å². The van der Waals surface area contributed by atoms with Crippen molar-refractivity contribution in [3.63, 3.8) is 0 Å². The smallest absolute Gasteiger partial charge is 0.115 e. The molecule has 0 aromatic heterocycles. The molecule has 0 amide bonds. The Kier molecular flexibility index (Phi) is 6.97. The molecule has 2 heteroatoms. The standard InChI is InChI=1S/C18H19NO.C2H6/c1-4-7-18(17-9-6-5-8-14(17)2)19(3)15-10-12-16(20)13-11-15;1-2/h4-13,20H,1H2,2-3H3;1-2H3/b18-7+;. The van der Waals surface area contributed by atoms with Gasteiger partial charge in [0.05, 0.1) is 0 Å². The van der Waals surface area contributed by atoms with Gasteiger partial charge in [-0.3, -0.25) is 0 Å². The first-order valence-corrected chi connectivity index (χ1v) is 7.55. The van der Waals surface area contributed by atoms with Crippen LogP contribution in [0.25, 0.3) is 5.70 Å². The van der Waals surface area contributed by atoms with Crippen molar-refractivity contribution in [1.29, 1.82) is 0 Å². The van der Waals surface area contributed by atoms with E-state index in [2.05, 4.69) is 30.5 Å². The molecule has 0 saturated carbocycles. The van der Waals surface area contributed by atoms with Crippen LogP contribution < -0.4 is 4.90 Å². The van der Waals surface area contributed by atoms with E-state index in [-0.39, 0.29) is 5.75 Å². The molecule has 0 fully saturated rings. The van der Waals surface area contributed by atoms with Crippen LogP contribution in [0.15, 0.2) is 67.3 Å². The van der Waals surface area contributed by atoms with Gasteiger partial charge in [-0.1, -0.05) is 50.8 Å². The third-order valence-electron chi connectivity index (χ3n) is 3.30. The van der Waals surface area contributed by atoms with Crippen LogP contribution in [0.4, 0.5) is 5.69 Å². The number of phenolic OH excluding ortho intramolecular Hbond substituents is 1. The highest BCUT2D eigenvalue weighted by Gasteiger charge is 2.10. The van der Waals surface area contributed by atoms with Gasteiger partial charge in [0.1, 0.15) is 5.75 Å². The fourth-order valence-corrected chi connectivity index (χ4v) is 2.17. The Hall–Kier alpha value is -2.48. The Balaban J connectivity index is 0.00000116. The zero-order valence-corrected chi connectivity index (χ0v) is 13.9. The zero-order chi connectivity index (χ0) is 16.5. The second-order valence-corrected chi connectivity index (χ2v) is 4.68. The number of aromatic hydroxyl groups is 1. The van der Waals surface area contributed by atoms with Gasteiger partial charge in [-0.05, 0) is 42.8 Å². The number of benzene rings is 2. The third kappa shape index (κ3) is 4.26. The number of aryl methyl sites for hydroxylation is 1. The molecule has 0 saturated heterocycles. The predicted molar refractivity (Wildman–Crippen MR) is 97.2 cm³/mol. The molecule has 0 unspecified atom stereocenters. The fraction of sp³-hybridized carbons (Fsp3) is 0.200. The molecule has 2 aromatic carbocycles. The lowest BCUT2D eigenvalue weighted by molar-refractivity contribution is 0.475. The number of rotatable bonds is 4. The van der Waals surface area contributed by atoms with Crippen LogP contribution in [-0.2, 0) is 0 Å². The average Bonchev–Trinajstić information content (AvgIpc) is 2.55. The van der Waals surface area contributed by atoms with E-state index in [1.807, 2.05) is 51.2 Å². The van der Waals surface area contributed by atoms with Crippen molar-refractivity contribution in [3.8, 4) is 5.75 Å². The van der Waals surface area contributed by atoms with Gasteiger partial charge in [0.25, 0.3) is 0 Å². The SMILES string of the molecule is C=C/C=C(\c1ccccc1C)N(C)c1ccc(O)cc1.CC.